The number of carbonyl (C=O) groups is 4. The number of amides is 4. The molecule has 8 nitrogen and oxygen atoms in total. The molecule has 4 amide bonds. The molecule has 1 aliphatic carbocycles. The first-order chi connectivity index (χ1) is 12.7. The zero-order valence-corrected chi connectivity index (χ0v) is 15.0. The van der Waals surface area contributed by atoms with Gasteiger partial charge in [0.2, 0.25) is 0 Å². The molecule has 2 aliphatic rings. The third kappa shape index (κ3) is 3.91. The molecule has 1 saturated heterocycles. The van der Waals surface area contributed by atoms with Crippen LogP contribution in [0.3, 0.4) is 0 Å². The molecule has 0 spiro atoms. The van der Waals surface area contributed by atoms with E-state index in [4.69, 9.17) is 4.74 Å². The molecule has 0 bridgehead atoms. The maximum atomic E-state index is 13.5. The normalized spacial score (nSPS) is 21.8. The van der Waals surface area contributed by atoms with Crippen LogP contribution < -0.4 is 10.6 Å². The number of esters is 1. The summed E-state index contributed by atoms with van der Waals surface area (Å²) in [4.78, 5) is 48.9. The van der Waals surface area contributed by atoms with Crippen LogP contribution >= 0.6 is 0 Å². The summed E-state index contributed by atoms with van der Waals surface area (Å²) in [7, 11) is 0. The van der Waals surface area contributed by atoms with Crippen molar-refractivity contribution in [3.63, 3.8) is 0 Å². The van der Waals surface area contributed by atoms with Crippen LogP contribution in [0.25, 0.3) is 0 Å². The number of imide groups is 1. The van der Waals surface area contributed by atoms with Gasteiger partial charge in [-0.25, -0.2) is 9.18 Å². The van der Waals surface area contributed by atoms with Gasteiger partial charge >= 0.3 is 12.0 Å². The van der Waals surface area contributed by atoms with Gasteiger partial charge in [-0.05, 0) is 50.3 Å². The first-order valence-corrected chi connectivity index (χ1v) is 8.56. The Labute approximate surface area is 155 Å². The number of ether oxygens (including phenoxy) is 1. The Balaban J connectivity index is 1.49. The first kappa shape index (κ1) is 18.8. The number of aryl methyl sites for hydroxylation is 1. The monoisotopic (exact) mass is 377 g/mol. The summed E-state index contributed by atoms with van der Waals surface area (Å²) < 4.78 is 18.3. The molecule has 0 aromatic heterocycles. The number of urea groups is 1. The summed E-state index contributed by atoms with van der Waals surface area (Å²) in [5.74, 6) is -2.40. The lowest BCUT2D eigenvalue weighted by molar-refractivity contribution is -0.150. The fourth-order valence-corrected chi connectivity index (χ4v) is 2.99. The predicted molar refractivity (Wildman–Crippen MR) is 92.1 cm³/mol. The molecule has 3 rings (SSSR count). The van der Waals surface area contributed by atoms with E-state index in [0.717, 1.165) is 23.8 Å². The van der Waals surface area contributed by atoms with Crippen LogP contribution in [0, 0.1) is 18.7 Å². The van der Waals surface area contributed by atoms with E-state index < -0.39 is 48.3 Å². The number of halogens is 1. The van der Waals surface area contributed by atoms with E-state index in [-0.39, 0.29) is 11.6 Å². The second-order valence-electron chi connectivity index (χ2n) is 6.97. The number of carbonyl (C=O) groups excluding carboxylic acids is 4. The molecular weight excluding hydrogens is 357 g/mol. The Morgan fingerprint density at radius 3 is 2.70 bits per heavy atom. The van der Waals surface area contributed by atoms with Crippen molar-refractivity contribution in [2.75, 3.05) is 18.5 Å². The van der Waals surface area contributed by atoms with Crippen molar-refractivity contribution in [2.45, 2.75) is 32.2 Å². The van der Waals surface area contributed by atoms with Gasteiger partial charge in [-0.15, -0.1) is 0 Å². The Morgan fingerprint density at radius 2 is 2.07 bits per heavy atom. The van der Waals surface area contributed by atoms with E-state index in [2.05, 4.69) is 10.6 Å². The van der Waals surface area contributed by atoms with Gasteiger partial charge < -0.3 is 15.4 Å². The Kier molecular flexibility index (Phi) is 4.86. The quantitative estimate of drug-likeness (QED) is 0.575. The molecule has 27 heavy (non-hydrogen) atoms. The van der Waals surface area contributed by atoms with Gasteiger partial charge in [-0.2, -0.15) is 0 Å². The Morgan fingerprint density at radius 1 is 1.37 bits per heavy atom. The molecule has 1 heterocycles. The summed E-state index contributed by atoms with van der Waals surface area (Å²) in [6, 6.07) is 3.53. The van der Waals surface area contributed by atoms with Crippen LogP contribution in [-0.2, 0) is 19.1 Å². The van der Waals surface area contributed by atoms with Crippen molar-refractivity contribution in [3.8, 4) is 0 Å². The standard InChI is InChI=1S/C18H20FN3O5/c1-10-3-6-12(7-13(10)19)20-14(23)9-27-15(24)8-22-16(25)18(2,11-4-5-11)21-17(22)26/h3,6-7,11H,4-5,8-9H2,1-2H3,(H,20,23)(H,21,26)/t18-/m0/s1. The van der Waals surface area contributed by atoms with Crippen LogP contribution in [-0.4, -0.2) is 47.4 Å². The number of nitrogens with zero attached hydrogens (tertiary/aromatic N) is 1. The summed E-state index contributed by atoms with van der Waals surface area (Å²) in [6.45, 7) is 2.05. The third-order valence-corrected chi connectivity index (χ3v) is 4.80. The average Bonchev–Trinajstić information content (AvgIpc) is 3.43. The fourth-order valence-electron chi connectivity index (χ4n) is 2.99. The molecule has 144 valence electrons. The summed E-state index contributed by atoms with van der Waals surface area (Å²) in [6.07, 6.45) is 1.70. The molecule has 1 saturated carbocycles. The molecule has 9 heteroatoms. The van der Waals surface area contributed by atoms with Crippen molar-refractivity contribution >= 4 is 29.5 Å². The minimum atomic E-state index is -0.982. The van der Waals surface area contributed by atoms with E-state index >= 15 is 0 Å². The molecule has 2 fully saturated rings. The van der Waals surface area contributed by atoms with Crippen molar-refractivity contribution in [2.24, 2.45) is 5.92 Å². The van der Waals surface area contributed by atoms with Crippen LogP contribution in [0.1, 0.15) is 25.3 Å². The molecule has 1 atom stereocenters. The lowest BCUT2D eigenvalue weighted by Gasteiger charge is -2.20. The smallest absolute Gasteiger partial charge is 0.326 e. The number of nitrogens with one attached hydrogen (secondary N) is 2. The molecule has 1 aliphatic heterocycles. The third-order valence-electron chi connectivity index (χ3n) is 4.80. The van der Waals surface area contributed by atoms with E-state index in [1.165, 1.54) is 12.1 Å². The van der Waals surface area contributed by atoms with Crippen LogP contribution in [0.5, 0.6) is 0 Å². The van der Waals surface area contributed by atoms with Crippen molar-refractivity contribution < 1.29 is 28.3 Å². The van der Waals surface area contributed by atoms with Gasteiger partial charge in [-0.3, -0.25) is 19.3 Å². The van der Waals surface area contributed by atoms with Gasteiger partial charge in [0.1, 0.15) is 17.9 Å². The topological polar surface area (TPSA) is 105 Å². The highest BCUT2D eigenvalue weighted by molar-refractivity contribution is 6.09. The van der Waals surface area contributed by atoms with Crippen LogP contribution in [0.15, 0.2) is 18.2 Å². The summed E-state index contributed by atoms with van der Waals surface area (Å²) in [5, 5.41) is 5.02. The Bertz CT molecular complexity index is 823. The fraction of sp³-hybridized carbons (Fsp3) is 0.444. The number of benzene rings is 1. The lowest BCUT2D eigenvalue weighted by Crippen LogP contribution is -2.46. The number of hydrogen-bond donors (Lipinski definition) is 2. The largest absolute Gasteiger partial charge is 0.454 e. The van der Waals surface area contributed by atoms with E-state index in [1.54, 1.807) is 13.8 Å². The number of hydrogen-bond acceptors (Lipinski definition) is 5. The minimum Gasteiger partial charge on any atom is -0.454 e. The molecule has 1 aromatic carbocycles. The highest BCUT2D eigenvalue weighted by atomic mass is 19.1. The zero-order chi connectivity index (χ0) is 19.8. The first-order valence-electron chi connectivity index (χ1n) is 8.56. The molecule has 0 unspecified atom stereocenters. The zero-order valence-electron chi connectivity index (χ0n) is 15.0. The van der Waals surface area contributed by atoms with Gasteiger partial charge in [0.05, 0.1) is 0 Å². The van der Waals surface area contributed by atoms with Crippen LogP contribution in [0.4, 0.5) is 14.9 Å². The predicted octanol–water partition coefficient (Wildman–Crippen LogP) is 1.34. The van der Waals surface area contributed by atoms with Gasteiger partial charge in [0.25, 0.3) is 11.8 Å². The average molecular weight is 377 g/mol. The van der Waals surface area contributed by atoms with Gasteiger partial charge in [0, 0.05) is 5.69 Å². The molecule has 1 aromatic rings. The molecular formula is C18H20FN3O5. The van der Waals surface area contributed by atoms with Crippen molar-refractivity contribution in [3.05, 3.63) is 29.6 Å². The second kappa shape index (κ2) is 6.98. The van der Waals surface area contributed by atoms with Crippen molar-refractivity contribution in [1.29, 1.82) is 0 Å². The lowest BCUT2D eigenvalue weighted by atomic mass is 9.96. The molecule has 2 N–H and O–H groups in total. The highest BCUT2D eigenvalue weighted by Gasteiger charge is 2.56. The maximum Gasteiger partial charge on any atom is 0.326 e. The van der Waals surface area contributed by atoms with Crippen molar-refractivity contribution in [1.82, 2.24) is 10.2 Å². The SMILES string of the molecule is Cc1ccc(NC(=O)COC(=O)CN2C(=O)N[C@@](C)(C3CC3)C2=O)cc1F. The van der Waals surface area contributed by atoms with E-state index in [9.17, 15) is 23.6 Å². The second-order valence-corrected chi connectivity index (χ2v) is 6.97. The number of anilines is 1. The number of rotatable bonds is 6. The summed E-state index contributed by atoms with van der Waals surface area (Å²) in [5.41, 5.74) is -0.316. The van der Waals surface area contributed by atoms with Gasteiger partial charge in [-0.1, -0.05) is 6.07 Å². The van der Waals surface area contributed by atoms with E-state index in [0.29, 0.717) is 5.56 Å². The molecule has 0 radical (unpaired) electrons. The summed E-state index contributed by atoms with van der Waals surface area (Å²) >= 11 is 0. The Hall–Kier alpha value is -2.97. The van der Waals surface area contributed by atoms with Crippen LogP contribution in [0.2, 0.25) is 0 Å². The minimum absolute atomic E-state index is 0.0793. The van der Waals surface area contributed by atoms with E-state index in [1.807, 2.05) is 0 Å². The highest BCUT2D eigenvalue weighted by Crippen LogP contribution is 2.42. The maximum absolute atomic E-state index is 13.5. The van der Waals surface area contributed by atoms with Gasteiger partial charge in [0.15, 0.2) is 6.61 Å².